The van der Waals surface area contributed by atoms with Crippen molar-refractivity contribution >= 4 is 5.97 Å². The van der Waals surface area contributed by atoms with Crippen LogP contribution in [-0.4, -0.2) is 33.2 Å². The van der Waals surface area contributed by atoms with Crippen LogP contribution in [0.2, 0.25) is 0 Å². The zero-order valence-corrected chi connectivity index (χ0v) is 8.40. The van der Waals surface area contributed by atoms with Crippen LogP contribution in [0.1, 0.15) is 12.7 Å². The minimum atomic E-state index is -0.827. The smallest absolute Gasteiger partial charge is 0.320 e. The van der Waals surface area contributed by atoms with Crippen molar-refractivity contribution in [2.45, 2.75) is 26.4 Å². The molecule has 0 aliphatic heterocycles. The summed E-state index contributed by atoms with van der Waals surface area (Å²) < 4.78 is 1.97. The summed E-state index contributed by atoms with van der Waals surface area (Å²) in [6.45, 7) is 4.91. The number of hydrogen-bond acceptors (Lipinski definition) is 3. The van der Waals surface area contributed by atoms with Crippen molar-refractivity contribution in [2.24, 2.45) is 0 Å². The number of aromatic nitrogens is 2. The van der Waals surface area contributed by atoms with E-state index in [0.717, 1.165) is 12.4 Å². The molecule has 0 saturated carbocycles. The van der Waals surface area contributed by atoms with Gasteiger partial charge in [-0.3, -0.25) is 4.79 Å². The van der Waals surface area contributed by atoms with Gasteiger partial charge in [-0.2, -0.15) is 0 Å². The van der Waals surface area contributed by atoms with E-state index in [-0.39, 0.29) is 0 Å². The second-order valence-corrected chi connectivity index (χ2v) is 3.18. The van der Waals surface area contributed by atoms with Crippen molar-refractivity contribution in [3.8, 4) is 0 Å². The van der Waals surface area contributed by atoms with Gasteiger partial charge in [-0.15, -0.1) is 0 Å². The molecule has 0 radical (unpaired) electrons. The second kappa shape index (κ2) is 4.76. The highest BCUT2D eigenvalue weighted by atomic mass is 16.4. The summed E-state index contributed by atoms with van der Waals surface area (Å²) in [5.41, 5.74) is 0. The van der Waals surface area contributed by atoms with Crippen LogP contribution >= 0.6 is 0 Å². The van der Waals surface area contributed by atoms with Gasteiger partial charge in [0, 0.05) is 25.5 Å². The number of carboxylic acids is 1. The lowest BCUT2D eigenvalue weighted by molar-refractivity contribution is -0.138. The monoisotopic (exact) mass is 197 g/mol. The van der Waals surface area contributed by atoms with Gasteiger partial charge in [0.1, 0.15) is 11.9 Å². The molecule has 78 valence electrons. The summed E-state index contributed by atoms with van der Waals surface area (Å²) in [7, 11) is 0. The van der Waals surface area contributed by atoms with E-state index in [1.165, 1.54) is 0 Å². The van der Waals surface area contributed by atoms with Crippen LogP contribution < -0.4 is 5.32 Å². The summed E-state index contributed by atoms with van der Waals surface area (Å²) in [4.78, 5) is 14.5. The molecule has 0 saturated heterocycles. The Balaban J connectivity index is 2.29. The predicted octanol–water partition coefficient (Wildman–Crippen LogP) is 0.254. The average molecular weight is 197 g/mol. The zero-order chi connectivity index (χ0) is 10.6. The van der Waals surface area contributed by atoms with Crippen LogP contribution in [0.25, 0.3) is 0 Å². The third kappa shape index (κ3) is 2.85. The van der Waals surface area contributed by atoms with Crippen LogP contribution in [0.3, 0.4) is 0 Å². The molecule has 5 heteroatoms. The zero-order valence-electron chi connectivity index (χ0n) is 8.40. The molecule has 14 heavy (non-hydrogen) atoms. The molecule has 0 aliphatic carbocycles. The Labute approximate surface area is 82.8 Å². The molecule has 0 fully saturated rings. The Kier molecular flexibility index (Phi) is 3.64. The number of hydrogen-bond donors (Lipinski definition) is 2. The van der Waals surface area contributed by atoms with Gasteiger partial charge in [-0.25, -0.2) is 4.98 Å². The van der Waals surface area contributed by atoms with Crippen molar-refractivity contribution in [1.29, 1.82) is 0 Å². The maximum atomic E-state index is 10.5. The van der Waals surface area contributed by atoms with Gasteiger partial charge < -0.3 is 15.0 Å². The number of nitrogens with zero attached hydrogens (tertiary/aromatic N) is 2. The van der Waals surface area contributed by atoms with Gasteiger partial charge in [0.2, 0.25) is 0 Å². The molecular weight excluding hydrogens is 182 g/mol. The molecule has 5 nitrogen and oxygen atoms in total. The number of aliphatic carboxylic acids is 1. The van der Waals surface area contributed by atoms with E-state index in [2.05, 4.69) is 10.3 Å². The normalized spacial score (nSPS) is 12.7. The minimum Gasteiger partial charge on any atom is -0.480 e. The van der Waals surface area contributed by atoms with Crippen molar-refractivity contribution in [3.05, 3.63) is 18.2 Å². The third-order valence-electron chi connectivity index (χ3n) is 2.10. The van der Waals surface area contributed by atoms with Gasteiger partial charge in [-0.05, 0) is 13.8 Å². The molecule has 0 aromatic carbocycles. The standard InChI is InChI=1S/C9H15N3O2/c1-7(9(13)14)10-3-5-12-6-4-11-8(12)2/h4,6-7,10H,3,5H2,1-2H3,(H,13,14). The van der Waals surface area contributed by atoms with E-state index < -0.39 is 12.0 Å². The fourth-order valence-electron chi connectivity index (χ4n) is 1.13. The van der Waals surface area contributed by atoms with Gasteiger partial charge >= 0.3 is 5.97 Å². The van der Waals surface area contributed by atoms with Gasteiger partial charge in [-0.1, -0.05) is 0 Å². The number of carbonyl (C=O) groups is 1. The van der Waals surface area contributed by atoms with Gasteiger partial charge in [0.25, 0.3) is 0 Å². The molecule has 1 aromatic rings. The van der Waals surface area contributed by atoms with Gasteiger partial charge in [0.05, 0.1) is 0 Å². The summed E-state index contributed by atoms with van der Waals surface area (Å²) in [6, 6.07) is -0.501. The molecule has 1 atom stereocenters. The number of nitrogens with one attached hydrogen (secondary N) is 1. The lowest BCUT2D eigenvalue weighted by atomic mass is 10.3. The van der Waals surface area contributed by atoms with Crippen LogP contribution in [0.4, 0.5) is 0 Å². The Morgan fingerprint density at radius 3 is 3.00 bits per heavy atom. The SMILES string of the molecule is Cc1nccn1CCNC(C)C(=O)O. The lowest BCUT2D eigenvalue weighted by Crippen LogP contribution is -2.35. The molecule has 1 aromatic heterocycles. The molecule has 1 unspecified atom stereocenters. The Morgan fingerprint density at radius 2 is 2.50 bits per heavy atom. The topological polar surface area (TPSA) is 67.2 Å². The molecule has 1 heterocycles. The molecule has 1 rings (SSSR count). The van der Waals surface area contributed by atoms with Crippen LogP contribution in [0.5, 0.6) is 0 Å². The maximum Gasteiger partial charge on any atom is 0.320 e. The minimum absolute atomic E-state index is 0.501. The largest absolute Gasteiger partial charge is 0.480 e. The lowest BCUT2D eigenvalue weighted by Gasteiger charge is -2.09. The molecular formula is C9H15N3O2. The van der Waals surface area contributed by atoms with Crippen molar-refractivity contribution in [1.82, 2.24) is 14.9 Å². The predicted molar refractivity (Wildman–Crippen MR) is 52.1 cm³/mol. The Morgan fingerprint density at radius 1 is 1.79 bits per heavy atom. The number of aryl methyl sites for hydroxylation is 1. The van der Waals surface area contributed by atoms with Crippen LogP contribution in [0, 0.1) is 6.92 Å². The van der Waals surface area contributed by atoms with E-state index in [4.69, 9.17) is 5.11 Å². The van der Waals surface area contributed by atoms with E-state index >= 15 is 0 Å². The highest BCUT2D eigenvalue weighted by molar-refractivity contribution is 5.72. The fourth-order valence-corrected chi connectivity index (χ4v) is 1.13. The molecule has 0 spiro atoms. The van der Waals surface area contributed by atoms with E-state index in [1.54, 1.807) is 13.1 Å². The third-order valence-corrected chi connectivity index (χ3v) is 2.10. The Bertz CT molecular complexity index is 309. The first kappa shape index (κ1) is 10.7. The number of imidazole rings is 1. The summed E-state index contributed by atoms with van der Waals surface area (Å²) in [5.74, 6) is 0.113. The molecule has 0 amide bonds. The highest BCUT2D eigenvalue weighted by Gasteiger charge is 2.08. The van der Waals surface area contributed by atoms with Crippen molar-refractivity contribution < 1.29 is 9.90 Å². The summed E-state index contributed by atoms with van der Waals surface area (Å²) >= 11 is 0. The molecule has 0 aliphatic rings. The number of rotatable bonds is 5. The van der Waals surface area contributed by atoms with Crippen molar-refractivity contribution in [2.75, 3.05) is 6.54 Å². The van der Waals surface area contributed by atoms with Crippen LogP contribution in [0.15, 0.2) is 12.4 Å². The van der Waals surface area contributed by atoms with Crippen LogP contribution in [-0.2, 0) is 11.3 Å². The van der Waals surface area contributed by atoms with E-state index in [9.17, 15) is 4.79 Å². The first-order valence-corrected chi connectivity index (χ1v) is 4.55. The number of carboxylic acid groups (broad SMARTS) is 1. The van der Waals surface area contributed by atoms with E-state index in [1.807, 2.05) is 17.7 Å². The average Bonchev–Trinajstić information content (AvgIpc) is 2.51. The second-order valence-electron chi connectivity index (χ2n) is 3.18. The first-order chi connectivity index (χ1) is 6.61. The first-order valence-electron chi connectivity index (χ1n) is 4.55. The van der Waals surface area contributed by atoms with Gasteiger partial charge in [0.15, 0.2) is 0 Å². The quantitative estimate of drug-likeness (QED) is 0.710. The maximum absolute atomic E-state index is 10.5. The summed E-state index contributed by atoms with van der Waals surface area (Å²) in [6.07, 6.45) is 3.61. The summed E-state index contributed by atoms with van der Waals surface area (Å²) in [5, 5.41) is 11.5. The highest BCUT2D eigenvalue weighted by Crippen LogP contribution is 1.93. The van der Waals surface area contributed by atoms with Crippen molar-refractivity contribution in [3.63, 3.8) is 0 Å². The molecule has 2 N–H and O–H groups in total. The fraction of sp³-hybridized carbons (Fsp3) is 0.556. The molecule has 0 bridgehead atoms. The van der Waals surface area contributed by atoms with E-state index in [0.29, 0.717) is 6.54 Å². The Hall–Kier alpha value is -1.36.